The fourth-order valence-corrected chi connectivity index (χ4v) is 4.98. The lowest BCUT2D eigenvalue weighted by atomic mass is 9.82. The number of hydrogen-bond acceptors (Lipinski definition) is 5. The number of carbonyl (C=O) groups excluding carboxylic acids is 2. The average molecular weight is 601 g/mol. The zero-order chi connectivity index (χ0) is 31.8. The van der Waals surface area contributed by atoms with E-state index in [1.807, 2.05) is 48.5 Å². The summed E-state index contributed by atoms with van der Waals surface area (Å²) in [7, 11) is 0. The Morgan fingerprint density at radius 1 is 0.909 bits per heavy atom. The summed E-state index contributed by atoms with van der Waals surface area (Å²) in [4.78, 5) is 36.6. The van der Waals surface area contributed by atoms with E-state index in [0.717, 1.165) is 28.3 Å². The van der Waals surface area contributed by atoms with Crippen molar-refractivity contribution in [1.82, 2.24) is 14.9 Å². The highest BCUT2D eigenvalue weighted by atomic mass is 19.4. The van der Waals surface area contributed by atoms with Crippen LogP contribution in [0, 0.1) is 13.8 Å². The Kier molecular flexibility index (Phi) is 8.03. The zero-order valence-corrected chi connectivity index (χ0v) is 24.7. The lowest BCUT2D eigenvalue weighted by Gasteiger charge is -2.24. The molecular formula is C34H31F3N4O3. The predicted molar refractivity (Wildman–Crippen MR) is 160 cm³/mol. The minimum absolute atomic E-state index is 0.00290. The summed E-state index contributed by atoms with van der Waals surface area (Å²) in [6.45, 7) is 7.00. The molecule has 10 heteroatoms. The molecule has 0 bridgehead atoms. The third-order valence-electron chi connectivity index (χ3n) is 7.88. The molecule has 0 atom stereocenters. The van der Waals surface area contributed by atoms with E-state index in [2.05, 4.69) is 9.97 Å². The molecule has 226 valence electrons. The van der Waals surface area contributed by atoms with Crippen LogP contribution in [-0.2, 0) is 29.5 Å². The molecule has 2 aromatic carbocycles. The topological polar surface area (TPSA) is 102 Å². The molecule has 0 aliphatic carbocycles. The maximum Gasteiger partial charge on any atom is 0.449 e. The highest BCUT2D eigenvalue weighted by molar-refractivity contribution is 6.06. The first-order valence-corrected chi connectivity index (χ1v) is 13.9. The number of hydrogen-bond donors (Lipinski definition) is 1. The van der Waals surface area contributed by atoms with E-state index in [-0.39, 0.29) is 18.8 Å². The number of rotatable bonds is 8. The number of aryl methyl sites for hydroxylation is 1. The largest absolute Gasteiger partial charge is 0.455 e. The third kappa shape index (κ3) is 6.06. The van der Waals surface area contributed by atoms with Crippen LogP contribution in [0.15, 0.2) is 83.4 Å². The summed E-state index contributed by atoms with van der Waals surface area (Å²) in [5.74, 6) is -1.98. The van der Waals surface area contributed by atoms with Gasteiger partial charge in [-0.3, -0.25) is 19.6 Å². The number of primary amides is 1. The molecule has 0 radical (unpaired) electrons. The highest BCUT2D eigenvalue weighted by Gasteiger charge is 2.35. The first kappa shape index (κ1) is 30.5. The van der Waals surface area contributed by atoms with Gasteiger partial charge in [-0.2, -0.15) is 13.2 Å². The fourth-order valence-electron chi connectivity index (χ4n) is 4.98. The van der Waals surface area contributed by atoms with Gasteiger partial charge >= 0.3 is 6.18 Å². The Morgan fingerprint density at radius 2 is 1.64 bits per heavy atom. The summed E-state index contributed by atoms with van der Waals surface area (Å²) in [6.07, 6.45) is -3.08. The Labute approximate surface area is 252 Å². The number of fused-ring (bicyclic) bond motifs is 1. The molecule has 0 fully saturated rings. The summed E-state index contributed by atoms with van der Waals surface area (Å²) in [5, 5.41) is 0. The minimum Gasteiger partial charge on any atom is -0.455 e. The van der Waals surface area contributed by atoms with Crippen LogP contribution in [0.4, 0.5) is 13.2 Å². The molecule has 5 rings (SSSR count). The van der Waals surface area contributed by atoms with Gasteiger partial charge in [0.25, 0.3) is 5.91 Å². The number of carbonyl (C=O) groups is 2. The van der Waals surface area contributed by atoms with Crippen molar-refractivity contribution in [2.75, 3.05) is 0 Å². The van der Waals surface area contributed by atoms with E-state index in [1.54, 1.807) is 46.0 Å². The highest BCUT2D eigenvalue weighted by Crippen LogP contribution is 2.32. The van der Waals surface area contributed by atoms with Crippen molar-refractivity contribution in [2.45, 2.75) is 52.4 Å². The molecule has 3 heterocycles. The number of benzene rings is 2. The van der Waals surface area contributed by atoms with Crippen molar-refractivity contribution >= 4 is 22.8 Å². The summed E-state index contributed by atoms with van der Waals surface area (Å²) in [6, 6.07) is 20.6. The number of amides is 2. The van der Waals surface area contributed by atoms with Crippen molar-refractivity contribution in [2.24, 2.45) is 5.73 Å². The van der Waals surface area contributed by atoms with E-state index >= 15 is 0 Å². The fraction of sp³-hybridized carbons (Fsp3) is 0.235. The lowest BCUT2D eigenvalue weighted by molar-refractivity contribution is -0.153. The number of aromatic nitrogens is 2. The second-order valence-corrected chi connectivity index (χ2v) is 11.3. The summed E-state index contributed by atoms with van der Waals surface area (Å²) >= 11 is 0. The molecule has 2 N–H and O–H groups in total. The van der Waals surface area contributed by atoms with E-state index < -0.39 is 29.2 Å². The Balaban J connectivity index is 1.50. The molecule has 44 heavy (non-hydrogen) atoms. The monoisotopic (exact) mass is 600 g/mol. The molecule has 5 aromatic rings. The maximum atomic E-state index is 14.2. The van der Waals surface area contributed by atoms with Gasteiger partial charge in [0.1, 0.15) is 11.3 Å². The molecule has 0 aliphatic heterocycles. The van der Waals surface area contributed by atoms with Crippen molar-refractivity contribution in [1.29, 1.82) is 0 Å². The smallest absolute Gasteiger partial charge is 0.449 e. The van der Waals surface area contributed by atoms with E-state index in [9.17, 15) is 22.8 Å². The van der Waals surface area contributed by atoms with Crippen molar-refractivity contribution in [3.8, 4) is 11.1 Å². The van der Waals surface area contributed by atoms with Crippen LogP contribution in [0.5, 0.6) is 0 Å². The van der Waals surface area contributed by atoms with Crippen molar-refractivity contribution < 1.29 is 27.2 Å². The quantitative estimate of drug-likeness (QED) is 0.204. The van der Waals surface area contributed by atoms with Crippen LogP contribution in [0.25, 0.3) is 22.2 Å². The van der Waals surface area contributed by atoms with Gasteiger partial charge in [-0.25, -0.2) is 0 Å². The standard InChI is InChI=1S/C34H31F3N4O3/c1-20-21(2)40-27-9-6-16-39-30(27)29(20)31(42)41(19-26-14-15-28(44-26)34(35,36)37)18-22-10-12-23(13-11-22)24-7-5-8-25(17-24)33(3,4)32(38)43/h5-17H,18-19H2,1-4H3,(H2,38,43). The summed E-state index contributed by atoms with van der Waals surface area (Å²) in [5.41, 5.74) is 10.6. The molecule has 0 saturated carbocycles. The normalized spacial score (nSPS) is 12.0. The van der Waals surface area contributed by atoms with Gasteiger partial charge in [-0.05, 0) is 79.8 Å². The zero-order valence-electron chi connectivity index (χ0n) is 24.7. The Bertz CT molecular complexity index is 1860. The Morgan fingerprint density at radius 3 is 2.30 bits per heavy atom. The van der Waals surface area contributed by atoms with Gasteiger partial charge in [0.15, 0.2) is 0 Å². The van der Waals surface area contributed by atoms with Gasteiger partial charge in [0.05, 0.1) is 23.0 Å². The minimum atomic E-state index is -4.65. The number of alkyl halides is 3. The molecule has 3 aromatic heterocycles. The molecular weight excluding hydrogens is 569 g/mol. The van der Waals surface area contributed by atoms with E-state index in [0.29, 0.717) is 27.9 Å². The SMILES string of the molecule is Cc1nc2cccnc2c(C(=O)N(Cc2ccc(-c3cccc(C(C)(C)C(N)=O)c3)cc2)Cc2ccc(C(F)(F)F)o2)c1C. The van der Waals surface area contributed by atoms with Crippen LogP contribution in [-0.4, -0.2) is 26.7 Å². The van der Waals surface area contributed by atoms with E-state index in [4.69, 9.17) is 10.2 Å². The first-order valence-electron chi connectivity index (χ1n) is 13.9. The van der Waals surface area contributed by atoms with Crippen LogP contribution < -0.4 is 5.73 Å². The Hall–Kier alpha value is -4.99. The summed E-state index contributed by atoms with van der Waals surface area (Å²) < 4.78 is 44.9. The molecule has 0 aliphatic rings. The maximum absolute atomic E-state index is 14.2. The first-order chi connectivity index (χ1) is 20.8. The van der Waals surface area contributed by atoms with Gasteiger partial charge in [0, 0.05) is 18.4 Å². The predicted octanol–water partition coefficient (Wildman–Crippen LogP) is 7.13. The second kappa shape index (κ2) is 11.6. The third-order valence-corrected chi connectivity index (χ3v) is 7.88. The van der Waals surface area contributed by atoms with Crippen molar-refractivity contribution in [3.63, 3.8) is 0 Å². The molecule has 2 amide bonds. The molecule has 0 saturated heterocycles. The molecule has 7 nitrogen and oxygen atoms in total. The van der Waals surface area contributed by atoms with Crippen LogP contribution in [0.1, 0.15) is 58.1 Å². The van der Waals surface area contributed by atoms with Gasteiger partial charge < -0.3 is 15.1 Å². The van der Waals surface area contributed by atoms with Gasteiger partial charge in [-0.1, -0.05) is 48.5 Å². The average Bonchev–Trinajstić information content (AvgIpc) is 3.47. The van der Waals surface area contributed by atoms with Crippen LogP contribution in [0.2, 0.25) is 0 Å². The second-order valence-electron chi connectivity index (χ2n) is 11.3. The lowest BCUT2D eigenvalue weighted by Crippen LogP contribution is -2.35. The van der Waals surface area contributed by atoms with Crippen LogP contribution in [0.3, 0.4) is 0 Å². The number of pyridine rings is 2. The van der Waals surface area contributed by atoms with Crippen molar-refractivity contribution in [3.05, 3.63) is 118 Å². The number of furan rings is 1. The number of halogens is 3. The molecule has 0 unspecified atom stereocenters. The van der Waals surface area contributed by atoms with Crippen LogP contribution >= 0.6 is 0 Å². The van der Waals surface area contributed by atoms with Gasteiger partial charge in [-0.15, -0.1) is 0 Å². The number of nitrogens with zero attached hydrogens (tertiary/aromatic N) is 3. The molecule has 0 spiro atoms. The van der Waals surface area contributed by atoms with E-state index in [1.165, 1.54) is 11.0 Å². The van der Waals surface area contributed by atoms with Gasteiger partial charge in [0.2, 0.25) is 11.7 Å². The number of nitrogens with two attached hydrogens (primary N) is 1.